The fraction of sp³-hybridized carbons (Fsp3) is 0.667. The summed E-state index contributed by atoms with van der Waals surface area (Å²) in [7, 11) is 0. The van der Waals surface area contributed by atoms with Crippen LogP contribution >= 0.6 is 0 Å². The SMILES string of the molecule is CCCCOCCOCCN1C(=O)C=CC1=O. The molecule has 96 valence electrons. The van der Waals surface area contributed by atoms with Crippen molar-refractivity contribution in [3.8, 4) is 0 Å². The molecule has 0 aromatic heterocycles. The van der Waals surface area contributed by atoms with Crippen LogP contribution in [0.3, 0.4) is 0 Å². The lowest BCUT2D eigenvalue weighted by Crippen LogP contribution is -2.33. The third-order valence-corrected chi connectivity index (χ3v) is 2.37. The summed E-state index contributed by atoms with van der Waals surface area (Å²) in [6.45, 7) is 4.58. The molecule has 1 rings (SSSR count). The second-order valence-corrected chi connectivity index (χ2v) is 3.74. The largest absolute Gasteiger partial charge is 0.379 e. The van der Waals surface area contributed by atoms with Crippen molar-refractivity contribution in [3.05, 3.63) is 12.2 Å². The number of nitrogens with zero attached hydrogens (tertiary/aromatic N) is 1. The van der Waals surface area contributed by atoms with Gasteiger partial charge in [0.25, 0.3) is 11.8 Å². The first kappa shape index (κ1) is 13.9. The van der Waals surface area contributed by atoms with Gasteiger partial charge in [0, 0.05) is 18.8 Å². The number of hydrogen-bond acceptors (Lipinski definition) is 4. The highest BCUT2D eigenvalue weighted by Gasteiger charge is 2.22. The Hall–Kier alpha value is -1.20. The maximum absolute atomic E-state index is 11.2. The number of carbonyl (C=O) groups excluding carboxylic acids is 2. The molecule has 17 heavy (non-hydrogen) atoms. The molecule has 0 atom stereocenters. The second kappa shape index (κ2) is 7.97. The summed E-state index contributed by atoms with van der Waals surface area (Å²) in [5.74, 6) is -0.532. The van der Waals surface area contributed by atoms with Crippen LogP contribution in [-0.4, -0.2) is 49.7 Å². The van der Waals surface area contributed by atoms with Crippen LogP contribution in [0.4, 0.5) is 0 Å². The summed E-state index contributed by atoms with van der Waals surface area (Å²) in [6, 6.07) is 0. The standard InChI is InChI=1S/C12H19NO4/c1-2-3-7-16-9-10-17-8-6-13-11(14)4-5-12(13)15/h4-5H,2-3,6-10H2,1H3. The smallest absolute Gasteiger partial charge is 0.253 e. The van der Waals surface area contributed by atoms with Gasteiger partial charge in [-0.15, -0.1) is 0 Å². The number of ether oxygens (including phenoxy) is 2. The molecule has 5 heteroatoms. The Bertz CT molecular complexity index is 270. The Morgan fingerprint density at radius 2 is 1.59 bits per heavy atom. The minimum atomic E-state index is -0.266. The summed E-state index contributed by atoms with van der Waals surface area (Å²) in [6.07, 6.45) is 4.72. The molecule has 1 aliphatic rings. The average Bonchev–Trinajstić information content (AvgIpc) is 2.63. The molecule has 0 bridgehead atoms. The van der Waals surface area contributed by atoms with Crippen LogP contribution in [0.2, 0.25) is 0 Å². The van der Waals surface area contributed by atoms with Gasteiger partial charge < -0.3 is 9.47 Å². The maximum atomic E-state index is 11.2. The monoisotopic (exact) mass is 241 g/mol. The highest BCUT2D eigenvalue weighted by atomic mass is 16.5. The quantitative estimate of drug-likeness (QED) is 0.441. The van der Waals surface area contributed by atoms with E-state index in [0.29, 0.717) is 26.4 Å². The zero-order valence-corrected chi connectivity index (χ0v) is 10.2. The first-order valence-corrected chi connectivity index (χ1v) is 5.94. The Labute approximate surface area is 101 Å². The van der Waals surface area contributed by atoms with E-state index in [2.05, 4.69) is 6.92 Å². The number of imide groups is 1. The normalized spacial score (nSPS) is 15.0. The van der Waals surface area contributed by atoms with E-state index in [-0.39, 0.29) is 11.8 Å². The summed E-state index contributed by atoms with van der Waals surface area (Å²) in [4.78, 5) is 23.5. The molecule has 0 aromatic carbocycles. The molecule has 0 aliphatic carbocycles. The summed E-state index contributed by atoms with van der Waals surface area (Å²) >= 11 is 0. The second-order valence-electron chi connectivity index (χ2n) is 3.74. The Morgan fingerprint density at radius 3 is 2.18 bits per heavy atom. The van der Waals surface area contributed by atoms with Crippen LogP contribution in [0.1, 0.15) is 19.8 Å². The molecule has 0 unspecified atom stereocenters. The van der Waals surface area contributed by atoms with Crippen LogP contribution in [0.25, 0.3) is 0 Å². The van der Waals surface area contributed by atoms with Gasteiger partial charge in [-0.25, -0.2) is 0 Å². The molecule has 2 amide bonds. The zero-order valence-electron chi connectivity index (χ0n) is 10.2. The van der Waals surface area contributed by atoms with Crippen molar-refractivity contribution < 1.29 is 19.1 Å². The highest BCUT2D eigenvalue weighted by molar-refractivity contribution is 6.12. The van der Waals surface area contributed by atoms with Gasteiger partial charge in [0.15, 0.2) is 0 Å². The van der Waals surface area contributed by atoms with E-state index >= 15 is 0 Å². The van der Waals surface area contributed by atoms with Gasteiger partial charge in [0.1, 0.15) is 0 Å². The fourth-order valence-electron chi connectivity index (χ4n) is 1.38. The van der Waals surface area contributed by atoms with E-state index in [0.717, 1.165) is 24.3 Å². The topological polar surface area (TPSA) is 55.8 Å². The van der Waals surface area contributed by atoms with Crippen molar-refractivity contribution in [2.75, 3.05) is 33.0 Å². The van der Waals surface area contributed by atoms with Crippen molar-refractivity contribution >= 4 is 11.8 Å². The first-order valence-electron chi connectivity index (χ1n) is 5.94. The van der Waals surface area contributed by atoms with Crippen LogP contribution < -0.4 is 0 Å². The van der Waals surface area contributed by atoms with Crippen molar-refractivity contribution in [1.82, 2.24) is 4.90 Å². The summed E-state index contributed by atoms with van der Waals surface area (Å²) in [5, 5.41) is 0. The predicted octanol–water partition coefficient (Wildman–Crippen LogP) is 0.745. The highest BCUT2D eigenvalue weighted by Crippen LogP contribution is 2.02. The molecule has 1 aliphatic heterocycles. The molecule has 0 fully saturated rings. The number of unbranched alkanes of at least 4 members (excludes halogenated alkanes) is 1. The molecule has 0 saturated heterocycles. The van der Waals surface area contributed by atoms with Gasteiger partial charge >= 0.3 is 0 Å². The maximum Gasteiger partial charge on any atom is 0.253 e. The minimum absolute atomic E-state index is 0.266. The Morgan fingerprint density at radius 1 is 1.00 bits per heavy atom. The van der Waals surface area contributed by atoms with Crippen molar-refractivity contribution in [3.63, 3.8) is 0 Å². The van der Waals surface area contributed by atoms with Crippen LogP contribution in [0, 0.1) is 0 Å². The van der Waals surface area contributed by atoms with Crippen molar-refractivity contribution in [2.45, 2.75) is 19.8 Å². The molecular weight excluding hydrogens is 222 g/mol. The van der Waals surface area contributed by atoms with E-state index in [1.165, 1.54) is 12.2 Å². The lowest BCUT2D eigenvalue weighted by molar-refractivity contribution is -0.137. The third kappa shape index (κ3) is 5.10. The summed E-state index contributed by atoms with van der Waals surface area (Å²) in [5.41, 5.74) is 0. The van der Waals surface area contributed by atoms with E-state index in [1.807, 2.05) is 0 Å². The van der Waals surface area contributed by atoms with Gasteiger partial charge in [0.05, 0.1) is 26.4 Å². The molecular formula is C12H19NO4. The Kier molecular flexibility index (Phi) is 6.50. The molecule has 5 nitrogen and oxygen atoms in total. The number of hydrogen-bond donors (Lipinski definition) is 0. The van der Waals surface area contributed by atoms with E-state index in [9.17, 15) is 9.59 Å². The number of amides is 2. The van der Waals surface area contributed by atoms with Crippen LogP contribution in [0.5, 0.6) is 0 Å². The molecule has 0 radical (unpaired) electrons. The van der Waals surface area contributed by atoms with Crippen LogP contribution in [-0.2, 0) is 19.1 Å². The zero-order chi connectivity index (χ0) is 12.5. The minimum Gasteiger partial charge on any atom is -0.379 e. The van der Waals surface area contributed by atoms with Gasteiger partial charge in [-0.05, 0) is 6.42 Å². The van der Waals surface area contributed by atoms with E-state index in [1.54, 1.807) is 0 Å². The number of carbonyl (C=O) groups is 2. The van der Waals surface area contributed by atoms with Crippen molar-refractivity contribution in [1.29, 1.82) is 0 Å². The van der Waals surface area contributed by atoms with E-state index in [4.69, 9.17) is 9.47 Å². The van der Waals surface area contributed by atoms with Gasteiger partial charge in [0.2, 0.25) is 0 Å². The third-order valence-electron chi connectivity index (χ3n) is 2.37. The lowest BCUT2D eigenvalue weighted by atomic mass is 10.4. The predicted molar refractivity (Wildman–Crippen MR) is 62.4 cm³/mol. The van der Waals surface area contributed by atoms with Gasteiger partial charge in [-0.2, -0.15) is 0 Å². The molecule has 0 saturated carbocycles. The number of rotatable bonds is 9. The first-order chi connectivity index (χ1) is 8.25. The Balaban J connectivity index is 1.94. The summed E-state index contributed by atoms with van der Waals surface area (Å²) < 4.78 is 10.6. The van der Waals surface area contributed by atoms with Gasteiger partial charge in [-0.3, -0.25) is 14.5 Å². The molecule has 1 heterocycles. The fourth-order valence-corrected chi connectivity index (χ4v) is 1.38. The molecule has 0 spiro atoms. The van der Waals surface area contributed by atoms with Gasteiger partial charge in [-0.1, -0.05) is 13.3 Å². The van der Waals surface area contributed by atoms with E-state index < -0.39 is 0 Å². The van der Waals surface area contributed by atoms with Crippen molar-refractivity contribution in [2.24, 2.45) is 0 Å². The average molecular weight is 241 g/mol. The molecule has 0 N–H and O–H groups in total. The molecule has 0 aromatic rings. The van der Waals surface area contributed by atoms with Crippen LogP contribution in [0.15, 0.2) is 12.2 Å². The lowest BCUT2D eigenvalue weighted by Gasteiger charge is -2.13.